The van der Waals surface area contributed by atoms with E-state index in [-0.39, 0.29) is 11.9 Å². The van der Waals surface area contributed by atoms with Crippen molar-refractivity contribution in [2.45, 2.75) is 25.9 Å². The van der Waals surface area contributed by atoms with E-state index in [1.165, 1.54) is 17.3 Å². The smallest absolute Gasteiger partial charge is 0.245 e. The summed E-state index contributed by atoms with van der Waals surface area (Å²) in [6, 6.07) is 5.14. The minimum absolute atomic E-state index is 0.118. The van der Waals surface area contributed by atoms with Gasteiger partial charge in [-0.15, -0.1) is 0 Å². The molecule has 0 spiro atoms. The van der Waals surface area contributed by atoms with Gasteiger partial charge in [0.25, 0.3) is 0 Å². The van der Waals surface area contributed by atoms with Crippen LogP contribution < -0.4 is 14.8 Å². The average molecular weight is 302 g/mol. The van der Waals surface area contributed by atoms with E-state index in [2.05, 4.69) is 15.4 Å². The minimum Gasteiger partial charge on any atom is -0.486 e. The Morgan fingerprint density at radius 1 is 1.27 bits per heavy atom. The van der Waals surface area contributed by atoms with Gasteiger partial charge in [0.05, 0.1) is 6.04 Å². The van der Waals surface area contributed by atoms with Gasteiger partial charge in [0.15, 0.2) is 11.5 Å². The maximum absolute atomic E-state index is 12.3. The minimum atomic E-state index is -0.415. The van der Waals surface area contributed by atoms with Crippen molar-refractivity contribution < 1.29 is 14.3 Å². The van der Waals surface area contributed by atoms with Gasteiger partial charge in [-0.05, 0) is 31.5 Å². The van der Waals surface area contributed by atoms with E-state index in [4.69, 9.17) is 9.47 Å². The number of carbonyl (C=O) groups excluding carboxylic acids is 1. The van der Waals surface area contributed by atoms with E-state index in [0.29, 0.717) is 19.0 Å². The van der Waals surface area contributed by atoms with Crippen LogP contribution in [-0.4, -0.2) is 33.9 Å². The molecule has 0 radical (unpaired) electrons. The van der Waals surface area contributed by atoms with Crippen molar-refractivity contribution in [2.75, 3.05) is 13.2 Å². The molecule has 0 saturated carbocycles. The number of ether oxygens (including phenoxy) is 2. The average Bonchev–Trinajstić information content (AvgIpc) is 3.08. The van der Waals surface area contributed by atoms with E-state index in [9.17, 15) is 4.79 Å². The van der Waals surface area contributed by atoms with Crippen molar-refractivity contribution in [3.8, 4) is 11.5 Å². The SMILES string of the molecule is C[C@H](NC(=O)[C@H](C)n1cncn1)c1ccc2c(c1)OCCO2. The Morgan fingerprint density at radius 3 is 2.77 bits per heavy atom. The predicted molar refractivity (Wildman–Crippen MR) is 78.7 cm³/mol. The summed E-state index contributed by atoms with van der Waals surface area (Å²) in [5, 5.41) is 6.95. The van der Waals surface area contributed by atoms with Crippen LogP contribution in [-0.2, 0) is 4.79 Å². The van der Waals surface area contributed by atoms with Crippen molar-refractivity contribution >= 4 is 5.91 Å². The molecule has 2 aromatic rings. The van der Waals surface area contributed by atoms with Gasteiger partial charge < -0.3 is 14.8 Å². The number of hydrogen-bond donors (Lipinski definition) is 1. The first-order valence-corrected chi connectivity index (χ1v) is 7.19. The van der Waals surface area contributed by atoms with Crippen molar-refractivity contribution in [1.82, 2.24) is 20.1 Å². The lowest BCUT2D eigenvalue weighted by Crippen LogP contribution is -2.33. The van der Waals surface area contributed by atoms with Crippen LogP contribution in [0.1, 0.15) is 31.5 Å². The van der Waals surface area contributed by atoms with Crippen molar-refractivity contribution in [1.29, 1.82) is 0 Å². The molecular weight excluding hydrogens is 284 g/mol. The third-order valence-corrected chi connectivity index (χ3v) is 3.64. The Hall–Kier alpha value is -2.57. The maximum Gasteiger partial charge on any atom is 0.245 e. The zero-order valence-corrected chi connectivity index (χ0v) is 12.5. The number of nitrogens with zero attached hydrogens (tertiary/aromatic N) is 3. The summed E-state index contributed by atoms with van der Waals surface area (Å²) in [4.78, 5) is 16.1. The third kappa shape index (κ3) is 2.88. The lowest BCUT2D eigenvalue weighted by Gasteiger charge is -2.22. The highest BCUT2D eigenvalue weighted by Gasteiger charge is 2.20. The normalized spacial score (nSPS) is 15.9. The van der Waals surface area contributed by atoms with Crippen LogP contribution in [0.3, 0.4) is 0 Å². The summed E-state index contributed by atoms with van der Waals surface area (Å²) >= 11 is 0. The molecule has 22 heavy (non-hydrogen) atoms. The molecular formula is C15H18N4O3. The number of aromatic nitrogens is 3. The molecule has 0 bridgehead atoms. The molecule has 1 aromatic heterocycles. The Kier molecular flexibility index (Phi) is 3.95. The van der Waals surface area contributed by atoms with Gasteiger partial charge in [-0.25, -0.2) is 9.67 Å². The molecule has 1 aromatic carbocycles. The zero-order chi connectivity index (χ0) is 15.5. The highest BCUT2D eigenvalue weighted by Crippen LogP contribution is 2.32. The van der Waals surface area contributed by atoms with E-state index >= 15 is 0 Å². The summed E-state index contributed by atoms with van der Waals surface area (Å²) in [6.07, 6.45) is 2.94. The van der Waals surface area contributed by atoms with E-state index in [1.807, 2.05) is 25.1 Å². The molecule has 0 aliphatic carbocycles. The number of rotatable bonds is 4. The topological polar surface area (TPSA) is 78.3 Å². The summed E-state index contributed by atoms with van der Waals surface area (Å²) in [5.74, 6) is 1.34. The first-order valence-electron chi connectivity index (χ1n) is 7.19. The summed E-state index contributed by atoms with van der Waals surface area (Å²) in [5.41, 5.74) is 0.961. The standard InChI is InChI=1S/C15H18N4O3/c1-10(18-15(20)11(2)19-9-16-8-17-19)12-3-4-13-14(7-12)22-6-5-21-13/h3-4,7-11H,5-6H2,1-2H3,(H,18,20)/t10-,11-/m0/s1. The van der Waals surface area contributed by atoms with Crippen molar-refractivity contribution in [3.05, 3.63) is 36.4 Å². The molecule has 0 fully saturated rings. The van der Waals surface area contributed by atoms with Crippen LogP contribution in [0.2, 0.25) is 0 Å². The molecule has 2 heterocycles. The van der Waals surface area contributed by atoms with Crippen LogP contribution in [0.25, 0.3) is 0 Å². The Bertz CT molecular complexity index is 657. The molecule has 1 aliphatic rings. The lowest BCUT2D eigenvalue weighted by atomic mass is 10.1. The van der Waals surface area contributed by atoms with Gasteiger partial charge >= 0.3 is 0 Å². The van der Waals surface area contributed by atoms with Gasteiger partial charge in [0.1, 0.15) is 31.9 Å². The fourth-order valence-electron chi connectivity index (χ4n) is 2.28. The van der Waals surface area contributed by atoms with Crippen LogP contribution in [0.4, 0.5) is 0 Å². The molecule has 7 heteroatoms. The maximum atomic E-state index is 12.3. The number of hydrogen-bond acceptors (Lipinski definition) is 5. The molecule has 3 rings (SSSR count). The molecule has 0 unspecified atom stereocenters. The Morgan fingerprint density at radius 2 is 2.05 bits per heavy atom. The second-order valence-electron chi connectivity index (χ2n) is 5.18. The fraction of sp³-hybridized carbons (Fsp3) is 0.400. The number of nitrogens with one attached hydrogen (secondary N) is 1. The monoisotopic (exact) mass is 302 g/mol. The number of carbonyl (C=O) groups is 1. The van der Waals surface area contributed by atoms with Crippen LogP contribution in [0.15, 0.2) is 30.9 Å². The zero-order valence-electron chi connectivity index (χ0n) is 12.5. The molecule has 116 valence electrons. The number of benzene rings is 1. The molecule has 1 N–H and O–H groups in total. The predicted octanol–water partition coefficient (Wildman–Crippen LogP) is 1.49. The fourth-order valence-corrected chi connectivity index (χ4v) is 2.28. The third-order valence-electron chi connectivity index (χ3n) is 3.64. The van der Waals surface area contributed by atoms with Crippen molar-refractivity contribution in [3.63, 3.8) is 0 Å². The quantitative estimate of drug-likeness (QED) is 0.925. The highest BCUT2D eigenvalue weighted by atomic mass is 16.6. The lowest BCUT2D eigenvalue weighted by molar-refractivity contribution is -0.124. The number of amides is 1. The first-order chi connectivity index (χ1) is 10.6. The molecule has 2 atom stereocenters. The van der Waals surface area contributed by atoms with E-state index in [0.717, 1.165) is 11.3 Å². The van der Waals surface area contributed by atoms with Gasteiger partial charge in [0.2, 0.25) is 5.91 Å². The number of fused-ring (bicyclic) bond motifs is 1. The molecule has 1 aliphatic heterocycles. The van der Waals surface area contributed by atoms with Crippen LogP contribution in [0, 0.1) is 0 Å². The molecule has 1 amide bonds. The van der Waals surface area contributed by atoms with Crippen LogP contribution >= 0.6 is 0 Å². The van der Waals surface area contributed by atoms with Gasteiger partial charge in [0, 0.05) is 0 Å². The molecule has 0 saturated heterocycles. The second kappa shape index (κ2) is 6.05. The second-order valence-corrected chi connectivity index (χ2v) is 5.18. The van der Waals surface area contributed by atoms with Gasteiger partial charge in [-0.2, -0.15) is 5.10 Å². The summed E-state index contributed by atoms with van der Waals surface area (Å²) < 4.78 is 12.6. The van der Waals surface area contributed by atoms with Gasteiger partial charge in [-0.3, -0.25) is 4.79 Å². The Labute approximate surface area is 128 Å². The summed E-state index contributed by atoms with van der Waals surface area (Å²) in [7, 11) is 0. The van der Waals surface area contributed by atoms with Gasteiger partial charge in [-0.1, -0.05) is 6.07 Å². The van der Waals surface area contributed by atoms with E-state index in [1.54, 1.807) is 6.92 Å². The Balaban J connectivity index is 1.69. The summed E-state index contributed by atoms with van der Waals surface area (Å²) in [6.45, 7) is 4.81. The van der Waals surface area contributed by atoms with E-state index < -0.39 is 6.04 Å². The largest absolute Gasteiger partial charge is 0.486 e. The van der Waals surface area contributed by atoms with Crippen molar-refractivity contribution in [2.24, 2.45) is 0 Å². The molecule has 7 nitrogen and oxygen atoms in total. The van der Waals surface area contributed by atoms with Crippen LogP contribution in [0.5, 0.6) is 11.5 Å². The first kappa shape index (κ1) is 14.4. The highest BCUT2D eigenvalue weighted by molar-refractivity contribution is 5.80.